The molecule has 0 spiro atoms. The highest BCUT2D eigenvalue weighted by Crippen LogP contribution is 2.32. The monoisotopic (exact) mass is 251 g/mol. The highest BCUT2D eigenvalue weighted by atomic mass is 19.1. The normalized spacial score (nSPS) is 17.1. The zero-order valence-electron chi connectivity index (χ0n) is 10.0. The van der Waals surface area contributed by atoms with Crippen molar-refractivity contribution < 1.29 is 18.7 Å². The number of halogens is 1. The molecule has 4 nitrogen and oxygen atoms in total. The molecule has 0 saturated heterocycles. The number of fused-ring (bicyclic) bond motifs is 1. The van der Waals surface area contributed by atoms with Crippen LogP contribution in [0, 0.1) is 11.7 Å². The fourth-order valence-corrected chi connectivity index (χ4v) is 2.09. The Morgan fingerprint density at radius 3 is 3.00 bits per heavy atom. The second kappa shape index (κ2) is 5.16. The molecular weight excluding hydrogens is 237 g/mol. The van der Waals surface area contributed by atoms with Crippen LogP contribution in [0.4, 0.5) is 4.39 Å². The molecule has 1 aliphatic rings. The van der Waals surface area contributed by atoms with Gasteiger partial charge in [-0.2, -0.15) is 0 Å². The van der Waals surface area contributed by atoms with Crippen molar-refractivity contribution in [3.05, 3.63) is 29.1 Å². The second-order valence-corrected chi connectivity index (χ2v) is 4.28. The summed E-state index contributed by atoms with van der Waals surface area (Å²) in [5.41, 5.74) is 1.37. The van der Waals surface area contributed by atoms with Crippen molar-refractivity contribution in [2.24, 2.45) is 5.92 Å². The molecule has 0 fully saturated rings. The van der Waals surface area contributed by atoms with Crippen molar-refractivity contribution >= 4 is 12.2 Å². The third-order valence-electron chi connectivity index (χ3n) is 3.08. The van der Waals surface area contributed by atoms with Crippen LogP contribution in [0.5, 0.6) is 5.75 Å². The number of aldehydes is 1. The summed E-state index contributed by atoms with van der Waals surface area (Å²) in [5, 5.41) is 2.39. The molecule has 2 rings (SSSR count). The highest BCUT2D eigenvalue weighted by molar-refractivity contribution is 5.77. The Bertz CT molecular complexity index is 487. The number of likely N-dealkylation sites (N-methyl/N-ethyl adjacent to an activating group) is 1. The SMILES string of the molecule is CNC(=O)COc1ccc2c(c1F)CC(C=O)C2. The average Bonchev–Trinajstić information content (AvgIpc) is 2.81. The van der Waals surface area contributed by atoms with Gasteiger partial charge in [0.15, 0.2) is 18.2 Å². The van der Waals surface area contributed by atoms with E-state index in [1.54, 1.807) is 6.07 Å². The van der Waals surface area contributed by atoms with E-state index in [1.165, 1.54) is 13.1 Å². The topological polar surface area (TPSA) is 55.4 Å². The molecule has 1 atom stereocenters. The Kier molecular flexibility index (Phi) is 3.60. The first-order chi connectivity index (χ1) is 8.65. The molecule has 1 N–H and O–H groups in total. The fourth-order valence-electron chi connectivity index (χ4n) is 2.09. The molecule has 1 amide bonds. The Balaban J connectivity index is 2.16. The molecule has 1 unspecified atom stereocenters. The highest BCUT2D eigenvalue weighted by Gasteiger charge is 2.25. The number of hydrogen-bond donors (Lipinski definition) is 1. The number of rotatable bonds is 4. The van der Waals surface area contributed by atoms with Gasteiger partial charge in [-0.25, -0.2) is 4.39 Å². The Hall–Kier alpha value is -1.91. The van der Waals surface area contributed by atoms with Crippen LogP contribution in [-0.2, 0) is 22.4 Å². The minimum atomic E-state index is -0.458. The molecule has 0 saturated carbocycles. The van der Waals surface area contributed by atoms with Gasteiger partial charge in [-0.05, 0) is 30.0 Å². The van der Waals surface area contributed by atoms with Crippen molar-refractivity contribution in [2.75, 3.05) is 13.7 Å². The Morgan fingerprint density at radius 2 is 2.33 bits per heavy atom. The fraction of sp³-hybridized carbons (Fsp3) is 0.385. The van der Waals surface area contributed by atoms with Crippen molar-refractivity contribution in [2.45, 2.75) is 12.8 Å². The minimum Gasteiger partial charge on any atom is -0.481 e. The Morgan fingerprint density at radius 1 is 1.56 bits per heavy atom. The van der Waals surface area contributed by atoms with Gasteiger partial charge < -0.3 is 14.8 Å². The van der Waals surface area contributed by atoms with Crippen LogP contribution in [0.1, 0.15) is 11.1 Å². The van der Waals surface area contributed by atoms with Crippen LogP contribution in [0.25, 0.3) is 0 Å². The first-order valence-electron chi connectivity index (χ1n) is 5.74. The first-order valence-corrected chi connectivity index (χ1v) is 5.74. The van der Waals surface area contributed by atoms with E-state index in [1.807, 2.05) is 0 Å². The summed E-state index contributed by atoms with van der Waals surface area (Å²) >= 11 is 0. The predicted molar refractivity (Wildman–Crippen MR) is 62.9 cm³/mol. The number of hydrogen-bond acceptors (Lipinski definition) is 3. The van der Waals surface area contributed by atoms with Gasteiger partial charge in [-0.3, -0.25) is 4.79 Å². The van der Waals surface area contributed by atoms with Crippen molar-refractivity contribution in [1.29, 1.82) is 0 Å². The van der Waals surface area contributed by atoms with E-state index in [2.05, 4.69) is 5.32 Å². The maximum atomic E-state index is 14.1. The van der Waals surface area contributed by atoms with Crippen LogP contribution in [0.15, 0.2) is 12.1 Å². The van der Waals surface area contributed by atoms with Crippen molar-refractivity contribution in [1.82, 2.24) is 5.32 Å². The van der Waals surface area contributed by atoms with Crippen molar-refractivity contribution in [3.63, 3.8) is 0 Å². The van der Waals surface area contributed by atoms with Gasteiger partial charge in [0.25, 0.3) is 5.91 Å². The summed E-state index contributed by atoms with van der Waals surface area (Å²) in [6.45, 7) is -0.219. The van der Waals surface area contributed by atoms with Gasteiger partial charge in [-0.15, -0.1) is 0 Å². The van der Waals surface area contributed by atoms with Crippen LogP contribution in [0.3, 0.4) is 0 Å². The van der Waals surface area contributed by atoms with E-state index in [0.29, 0.717) is 18.4 Å². The van der Waals surface area contributed by atoms with Gasteiger partial charge in [-0.1, -0.05) is 6.07 Å². The summed E-state index contributed by atoms with van der Waals surface area (Å²) in [6.07, 6.45) is 1.83. The predicted octanol–water partition coefficient (Wildman–Crippen LogP) is 0.864. The molecule has 0 aromatic heterocycles. The second-order valence-electron chi connectivity index (χ2n) is 4.28. The van der Waals surface area contributed by atoms with E-state index in [9.17, 15) is 14.0 Å². The van der Waals surface area contributed by atoms with E-state index in [4.69, 9.17) is 4.74 Å². The molecule has 5 heteroatoms. The number of benzene rings is 1. The summed E-state index contributed by atoms with van der Waals surface area (Å²) < 4.78 is 19.2. The lowest BCUT2D eigenvalue weighted by atomic mass is 10.1. The number of carbonyl (C=O) groups excluding carboxylic acids is 2. The standard InChI is InChI=1S/C13H14FNO3/c1-15-12(17)7-18-11-3-2-9-4-8(6-16)5-10(9)13(11)14/h2-3,6,8H,4-5,7H2,1H3,(H,15,17). The Labute approximate surface area is 104 Å². The zero-order chi connectivity index (χ0) is 13.1. The molecule has 96 valence electrons. The summed E-state index contributed by atoms with van der Waals surface area (Å²) in [7, 11) is 1.49. The lowest BCUT2D eigenvalue weighted by molar-refractivity contribution is -0.122. The number of nitrogens with one attached hydrogen (secondary N) is 1. The van der Waals surface area contributed by atoms with E-state index in [-0.39, 0.29) is 24.2 Å². The quantitative estimate of drug-likeness (QED) is 0.808. The molecule has 1 aromatic rings. The van der Waals surface area contributed by atoms with Gasteiger partial charge >= 0.3 is 0 Å². The van der Waals surface area contributed by atoms with Gasteiger partial charge in [0, 0.05) is 13.0 Å². The smallest absolute Gasteiger partial charge is 0.257 e. The van der Waals surface area contributed by atoms with Crippen LogP contribution < -0.4 is 10.1 Å². The lowest BCUT2D eigenvalue weighted by Gasteiger charge is -2.09. The van der Waals surface area contributed by atoms with Gasteiger partial charge in [0.1, 0.15) is 6.29 Å². The molecular formula is C13H14FNO3. The van der Waals surface area contributed by atoms with Crippen molar-refractivity contribution in [3.8, 4) is 5.75 Å². The summed E-state index contributed by atoms with van der Waals surface area (Å²) in [4.78, 5) is 21.7. The maximum Gasteiger partial charge on any atom is 0.257 e. The summed E-state index contributed by atoms with van der Waals surface area (Å²) in [5.74, 6) is -0.867. The average molecular weight is 251 g/mol. The molecule has 1 aliphatic carbocycles. The van der Waals surface area contributed by atoms with Crippen LogP contribution in [0.2, 0.25) is 0 Å². The molecule has 0 bridgehead atoms. The third kappa shape index (κ3) is 2.34. The number of ether oxygens (including phenoxy) is 1. The van der Waals surface area contributed by atoms with Crippen LogP contribution in [-0.4, -0.2) is 25.8 Å². The molecule has 0 heterocycles. The van der Waals surface area contributed by atoms with Crippen LogP contribution >= 0.6 is 0 Å². The van der Waals surface area contributed by atoms with E-state index < -0.39 is 5.82 Å². The lowest BCUT2D eigenvalue weighted by Crippen LogP contribution is -2.25. The molecule has 18 heavy (non-hydrogen) atoms. The molecule has 0 radical (unpaired) electrons. The largest absolute Gasteiger partial charge is 0.481 e. The van der Waals surface area contributed by atoms with E-state index in [0.717, 1.165) is 11.8 Å². The zero-order valence-corrected chi connectivity index (χ0v) is 10.0. The van der Waals surface area contributed by atoms with Gasteiger partial charge in [0.2, 0.25) is 0 Å². The number of amides is 1. The number of carbonyl (C=O) groups is 2. The van der Waals surface area contributed by atoms with Gasteiger partial charge in [0.05, 0.1) is 0 Å². The maximum absolute atomic E-state index is 14.1. The molecule has 1 aromatic carbocycles. The summed E-state index contributed by atoms with van der Waals surface area (Å²) in [6, 6.07) is 3.26. The minimum absolute atomic E-state index is 0.0592. The third-order valence-corrected chi connectivity index (χ3v) is 3.08. The first kappa shape index (κ1) is 12.5. The van der Waals surface area contributed by atoms with E-state index >= 15 is 0 Å². The molecule has 0 aliphatic heterocycles.